The Morgan fingerprint density at radius 2 is 1.75 bits per heavy atom. The highest BCUT2D eigenvalue weighted by atomic mass is 15.3. The maximum absolute atomic E-state index is 5.84. The molecule has 0 atom stereocenters. The Labute approximate surface area is 166 Å². The molecule has 150 valence electrons. The van der Waals surface area contributed by atoms with E-state index in [2.05, 4.69) is 29.4 Å². The summed E-state index contributed by atoms with van der Waals surface area (Å²) in [5.74, 6) is 4.19. The topological polar surface area (TPSA) is 89.0 Å². The van der Waals surface area contributed by atoms with Crippen molar-refractivity contribution < 1.29 is 0 Å². The predicted octanol–water partition coefficient (Wildman–Crippen LogP) is 2.27. The molecule has 0 radical (unpaired) electrons. The summed E-state index contributed by atoms with van der Waals surface area (Å²) in [6.45, 7) is 7.27. The first-order valence-electron chi connectivity index (χ1n) is 10.7. The van der Waals surface area contributed by atoms with Crippen molar-refractivity contribution in [3.05, 3.63) is 23.4 Å². The maximum atomic E-state index is 5.84. The number of aromatic nitrogens is 5. The Balaban J connectivity index is 1.30. The summed E-state index contributed by atoms with van der Waals surface area (Å²) in [5, 5.41) is 9.33. The van der Waals surface area contributed by atoms with Crippen LogP contribution in [0.4, 0.5) is 11.8 Å². The maximum Gasteiger partial charge on any atom is 0.222 e. The SMILES string of the molecule is Cc1cc(N2CCC(c3nnc(CN4CCCC4)n3C3CC3)CC2)nc(N)n1. The van der Waals surface area contributed by atoms with Gasteiger partial charge >= 0.3 is 0 Å². The number of nitrogen functional groups attached to an aromatic ring is 1. The summed E-state index contributed by atoms with van der Waals surface area (Å²) in [4.78, 5) is 13.5. The van der Waals surface area contributed by atoms with E-state index in [-0.39, 0.29) is 0 Å². The van der Waals surface area contributed by atoms with E-state index in [1.807, 2.05) is 13.0 Å². The second-order valence-electron chi connectivity index (χ2n) is 8.55. The van der Waals surface area contributed by atoms with Crippen molar-refractivity contribution in [2.75, 3.05) is 36.8 Å². The lowest BCUT2D eigenvalue weighted by atomic mass is 9.95. The minimum absolute atomic E-state index is 0.358. The van der Waals surface area contributed by atoms with Crippen LogP contribution in [0.1, 0.15) is 67.8 Å². The smallest absolute Gasteiger partial charge is 0.222 e. The molecule has 2 N–H and O–H groups in total. The zero-order chi connectivity index (χ0) is 19.1. The van der Waals surface area contributed by atoms with Crippen molar-refractivity contribution in [3.63, 3.8) is 0 Å². The molecule has 3 fully saturated rings. The molecule has 4 heterocycles. The van der Waals surface area contributed by atoms with Gasteiger partial charge in [-0.2, -0.15) is 4.98 Å². The number of nitrogens with zero attached hydrogens (tertiary/aromatic N) is 7. The Hall–Kier alpha value is -2.22. The Bertz CT molecular complexity index is 808. The largest absolute Gasteiger partial charge is 0.368 e. The summed E-state index contributed by atoms with van der Waals surface area (Å²) in [5.41, 5.74) is 6.76. The number of aryl methyl sites for hydroxylation is 1. The highest BCUT2D eigenvalue weighted by Gasteiger charge is 2.34. The molecule has 3 aliphatic rings. The molecular weight excluding hydrogens is 352 g/mol. The highest BCUT2D eigenvalue weighted by Crippen LogP contribution is 2.40. The Morgan fingerprint density at radius 3 is 2.43 bits per heavy atom. The average Bonchev–Trinajstić information content (AvgIpc) is 3.22. The molecule has 1 aliphatic carbocycles. The van der Waals surface area contributed by atoms with Gasteiger partial charge in [0.25, 0.3) is 0 Å². The first-order valence-corrected chi connectivity index (χ1v) is 10.7. The standard InChI is InChI=1S/C20H30N8/c1-14-12-17(23-20(21)22-14)27-10-6-15(7-11-27)19-25-24-18(28(19)16-4-5-16)13-26-8-2-3-9-26/h12,15-16H,2-11,13H2,1H3,(H2,21,22,23). The number of hydrogen-bond acceptors (Lipinski definition) is 7. The summed E-state index contributed by atoms with van der Waals surface area (Å²) in [6, 6.07) is 2.65. The zero-order valence-corrected chi connectivity index (χ0v) is 16.7. The van der Waals surface area contributed by atoms with Crippen LogP contribution < -0.4 is 10.6 Å². The molecule has 2 aromatic rings. The monoisotopic (exact) mass is 382 g/mol. The lowest BCUT2D eigenvalue weighted by molar-refractivity contribution is 0.314. The van der Waals surface area contributed by atoms with Crippen LogP contribution in [0.2, 0.25) is 0 Å². The van der Waals surface area contributed by atoms with Crippen molar-refractivity contribution in [1.82, 2.24) is 29.6 Å². The van der Waals surface area contributed by atoms with Gasteiger partial charge in [0, 0.05) is 36.8 Å². The molecule has 0 amide bonds. The quantitative estimate of drug-likeness (QED) is 0.848. The molecule has 8 nitrogen and oxygen atoms in total. The van der Waals surface area contributed by atoms with Crippen molar-refractivity contribution in [2.24, 2.45) is 0 Å². The first-order chi connectivity index (χ1) is 13.7. The van der Waals surface area contributed by atoms with Crippen LogP contribution in [0.25, 0.3) is 0 Å². The number of rotatable bonds is 5. The minimum atomic E-state index is 0.358. The lowest BCUT2D eigenvalue weighted by Gasteiger charge is -2.32. The predicted molar refractivity (Wildman–Crippen MR) is 108 cm³/mol. The number of piperidine rings is 1. The second kappa shape index (κ2) is 7.31. The number of anilines is 2. The number of nitrogens with two attached hydrogens (primary N) is 1. The highest BCUT2D eigenvalue weighted by molar-refractivity contribution is 5.43. The van der Waals surface area contributed by atoms with Gasteiger partial charge in [-0.3, -0.25) is 4.90 Å². The third-order valence-electron chi connectivity index (χ3n) is 6.31. The summed E-state index contributed by atoms with van der Waals surface area (Å²) < 4.78 is 2.49. The van der Waals surface area contributed by atoms with Gasteiger partial charge in [-0.25, -0.2) is 4.98 Å². The van der Waals surface area contributed by atoms with E-state index in [1.54, 1.807) is 0 Å². The van der Waals surface area contributed by atoms with E-state index in [4.69, 9.17) is 10.8 Å². The van der Waals surface area contributed by atoms with Gasteiger partial charge in [-0.1, -0.05) is 0 Å². The average molecular weight is 383 g/mol. The van der Waals surface area contributed by atoms with Crippen LogP contribution in [0.3, 0.4) is 0 Å². The van der Waals surface area contributed by atoms with E-state index < -0.39 is 0 Å². The minimum Gasteiger partial charge on any atom is -0.368 e. The van der Waals surface area contributed by atoms with Crippen molar-refractivity contribution in [3.8, 4) is 0 Å². The summed E-state index contributed by atoms with van der Waals surface area (Å²) in [6.07, 6.45) is 7.34. The molecule has 0 spiro atoms. The molecule has 0 bridgehead atoms. The molecular formula is C20H30N8. The van der Waals surface area contributed by atoms with E-state index in [0.29, 0.717) is 17.9 Å². The lowest BCUT2D eigenvalue weighted by Crippen LogP contribution is -2.34. The molecule has 1 saturated carbocycles. The molecule has 2 aromatic heterocycles. The zero-order valence-electron chi connectivity index (χ0n) is 16.7. The summed E-state index contributed by atoms with van der Waals surface area (Å²) in [7, 11) is 0. The van der Waals surface area contributed by atoms with Crippen LogP contribution in [-0.2, 0) is 6.54 Å². The number of likely N-dealkylation sites (tertiary alicyclic amines) is 1. The van der Waals surface area contributed by atoms with Crippen LogP contribution in [-0.4, -0.2) is 55.8 Å². The molecule has 8 heteroatoms. The Morgan fingerprint density at radius 1 is 1.00 bits per heavy atom. The molecule has 2 saturated heterocycles. The fraction of sp³-hybridized carbons (Fsp3) is 0.700. The van der Waals surface area contributed by atoms with E-state index in [0.717, 1.165) is 44.0 Å². The molecule has 0 aromatic carbocycles. The van der Waals surface area contributed by atoms with Crippen molar-refractivity contribution >= 4 is 11.8 Å². The fourth-order valence-electron chi connectivity index (χ4n) is 4.70. The van der Waals surface area contributed by atoms with Gasteiger partial charge in [-0.15, -0.1) is 10.2 Å². The van der Waals surface area contributed by atoms with Gasteiger partial charge in [0.2, 0.25) is 5.95 Å². The molecule has 5 rings (SSSR count). The van der Waals surface area contributed by atoms with Gasteiger partial charge in [-0.05, 0) is 58.5 Å². The third-order valence-corrected chi connectivity index (χ3v) is 6.31. The van der Waals surface area contributed by atoms with Crippen molar-refractivity contribution in [1.29, 1.82) is 0 Å². The molecule has 2 aliphatic heterocycles. The van der Waals surface area contributed by atoms with Crippen molar-refractivity contribution in [2.45, 2.75) is 64.0 Å². The molecule has 0 unspecified atom stereocenters. The van der Waals surface area contributed by atoms with Gasteiger partial charge in [0.05, 0.1) is 6.54 Å². The van der Waals surface area contributed by atoms with E-state index in [1.165, 1.54) is 50.4 Å². The van der Waals surface area contributed by atoms with E-state index in [9.17, 15) is 0 Å². The van der Waals surface area contributed by atoms with Gasteiger partial charge < -0.3 is 15.2 Å². The number of hydrogen-bond donors (Lipinski definition) is 1. The Kier molecular flexibility index (Phi) is 4.66. The van der Waals surface area contributed by atoms with Gasteiger partial charge in [0.15, 0.2) is 0 Å². The van der Waals surface area contributed by atoms with Gasteiger partial charge in [0.1, 0.15) is 17.5 Å². The fourth-order valence-corrected chi connectivity index (χ4v) is 4.70. The van der Waals surface area contributed by atoms with E-state index >= 15 is 0 Å². The third kappa shape index (κ3) is 3.57. The molecule has 28 heavy (non-hydrogen) atoms. The van der Waals surface area contributed by atoms with Crippen LogP contribution in [0.5, 0.6) is 0 Å². The van der Waals surface area contributed by atoms with Crippen LogP contribution in [0, 0.1) is 6.92 Å². The van der Waals surface area contributed by atoms with Crippen LogP contribution in [0.15, 0.2) is 6.07 Å². The first kappa shape index (κ1) is 17.8. The normalized spacial score (nSPS) is 21.5. The second-order valence-corrected chi connectivity index (χ2v) is 8.55. The van der Waals surface area contributed by atoms with Crippen LogP contribution >= 0.6 is 0 Å². The summed E-state index contributed by atoms with van der Waals surface area (Å²) >= 11 is 0.